The van der Waals surface area contributed by atoms with Crippen LogP contribution in [0.4, 0.5) is 0 Å². The van der Waals surface area contributed by atoms with E-state index < -0.39 is 0 Å². The first-order valence-corrected chi connectivity index (χ1v) is 3.10. The fourth-order valence-electron chi connectivity index (χ4n) is 0.134. The van der Waals surface area contributed by atoms with E-state index in [4.69, 9.17) is 0 Å². The van der Waals surface area contributed by atoms with Crippen LogP contribution in [0.1, 0.15) is 19.8 Å². The summed E-state index contributed by atoms with van der Waals surface area (Å²) >= 11 is 3.31. The Morgan fingerprint density at radius 1 is 1.50 bits per heavy atom. The van der Waals surface area contributed by atoms with Crippen molar-refractivity contribution >= 4 is 39.0 Å². The monoisotopic (exact) mass is 160 g/mol. The molecule has 32 valence electrons. The van der Waals surface area contributed by atoms with Crippen molar-refractivity contribution in [1.82, 2.24) is 0 Å². The van der Waals surface area contributed by atoms with E-state index in [0.29, 0.717) is 0 Å². The van der Waals surface area contributed by atoms with Crippen LogP contribution in [0.25, 0.3) is 0 Å². The van der Waals surface area contributed by atoms with E-state index in [1.807, 2.05) is 0 Å². The molecule has 0 heterocycles. The quantitative estimate of drug-likeness (QED) is 0.428. The molecule has 0 aliphatic rings. The van der Waals surface area contributed by atoms with Gasteiger partial charge in [0.15, 0.2) is 0 Å². The predicted octanol–water partition coefficient (Wildman–Crippen LogP) is 1.80. The van der Waals surface area contributed by atoms with Gasteiger partial charge < -0.3 is 0 Å². The molecular formula is C4H9BrMg+2. The van der Waals surface area contributed by atoms with Gasteiger partial charge in [-0.1, -0.05) is 29.3 Å². The van der Waals surface area contributed by atoms with Gasteiger partial charge in [-0.2, -0.15) is 0 Å². The molecule has 0 spiro atoms. The van der Waals surface area contributed by atoms with Gasteiger partial charge in [0, 0.05) is 5.33 Å². The van der Waals surface area contributed by atoms with Gasteiger partial charge in [-0.15, -0.1) is 0 Å². The number of unbranched alkanes of at least 4 members (excludes halogenated alkanes) is 1. The molecule has 0 atom stereocenters. The molecule has 2 heteroatoms. The van der Waals surface area contributed by atoms with Crippen LogP contribution < -0.4 is 0 Å². The van der Waals surface area contributed by atoms with Gasteiger partial charge in [0.1, 0.15) is 0 Å². The third-order valence-corrected chi connectivity index (χ3v) is 1.05. The standard InChI is InChI=1S/C4H9Br.Mg/c1-2-3-4-5;/h2-4H2,1H3;/q;+2. The summed E-state index contributed by atoms with van der Waals surface area (Å²) in [5, 5.41) is 1.16. The number of alkyl halides is 1. The zero-order chi connectivity index (χ0) is 4.12. The fraction of sp³-hybridized carbons (Fsp3) is 1.00. The van der Waals surface area contributed by atoms with Crippen molar-refractivity contribution in [3.8, 4) is 0 Å². The van der Waals surface area contributed by atoms with E-state index in [1.54, 1.807) is 0 Å². The second-order valence-electron chi connectivity index (χ2n) is 1.04. The summed E-state index contributed by atoms with van der Waals surface area (Å²) in [7, 11) is 0. The predicted molar refractivity (Wildman–Crippen MR) is 34.5 cm³/mol. The minimum Gasteiger partial charge on any atom is -0.0928 e. The average Bonchev–Trinajstić information content (AvgIpc) is 1.41. The molecule has 0 saturated carbocycles. The molecule has 0 bridgehead atoms. The Morgan fingerprint density at radius 3 is 2.00 bits per heavy atom. The maximum atomic E-state index is 3.31. The topological polar surface area (TPSA) is 0 Å². The zero-order valence-electron chi connectivity index (χ0n) is 4.21. The molecule has 0 amide bonds. The first-order valence-electron chi connectivity index (χ1n) is 1.97. The van der Waals surface area contributed by atoms with Crippen molar-refractivity contribution in [3.05, 3.63) is 0 Å². The molecular weight excluding hydrogens is 152 g/mol. The van der Waals surface area contributed by atoms with Crippen molar-refractivity contribution < 1.29 is 0 Å². The van der Waals surface area contributed by atoms with E-state index in [9.17, 15) is 0 Å². The number of halogens is 1. The first kappa shape index (κ1) is 10.3. The van der Waals surface area contributed by atoms with E-state index in [0.717, 1.165) is 5.33 Å². The molecule has 0 N–H and O–H groups in total. The summed E-state index contributed by atoms with van der Waals surface area (Å²) in [5.74, 6) is 0. The largest absolute Gasteiger partial charge is 2.00 e. The molecule has 0 aromatic heterocycles. The van der Waals surface area contributed by atoms with Crippen LogP contribution in [0.2, 0.25) is 0 Å². The molecule has 0 aromatic carbocycles. The van der Waals surface area contributed by atoms with Gasteiger partial charge in [0.25, 0.3) is 0 Å². The fourth-order valence-corrected chi connectivity index (χ4v) is 0.694. The van der Waals surface area contributed by atoms with Crippen molar-refractivity contribution in [2.45, 2.75) is 19.8 Å². The second kappa shape index (κ2) is 9.53. The third-order valence-electron chi connectivity index (χ3n) is 0.487. The minimum absolute atomic E-state index is 0. The van der Waals surface area contributed by atoms with Crippen molar-refractivity contribution in [2.75, 3.05) is 5.33 Å². The molecule has 6 heavy (non-hydrogen) atoms. The van der Waals surface area contributed by atoms with Crippen LogP contribution in [0.3, 0.4) is 0 Å². The van der Waals surface area contributed by atoms with Gasteiger partial charge in [-0.3, -0.25) is 0 Å². The Labute approximate surface area is 64.0 Å². The molecule has 0 nitrogen and oxygen atoms in total. The summed E-state index contributed by atoms with van der Waals surface area (Å²) < 4.78 is 0. The van der Waals surface area contributed by atoms with Crippen LogP contribution in [0, 0.1) is 0 Å². The van der Waals surface area contributed by atoms with Crippen LogP contribution in [-0.4, -0.2) is 28.4 Å². The maximum Gasteiger partial charge on any atom is 2.00 e. The summed E-state index contributed by atoms with van der Waals surface area (Å²) in [6, 6.07) is 0. The Morgan fingerprint density at radius 2 is 2.00 bits per heavy atom. The van der Waals surface area contributed by atoms with Gasteiger partial charge in [0.2, 0.25) is 0 Å². The van der Waals surface area contributed by atoms with Crippen LogP contribution >= 0.6 is 15.9 Å². The average molecular weight is 161 g/mol. The molecule has 0 fully saturated rings. The normalized spacial score (nSPS) is 7.00. The Bertz CT molecular complexity index is 15.0. The zero-order valence-corrected chi connectivity index (χ0v) is 7.21. The van der Waals surface area contributed by atoms with Crippen molar-refractivity contribution in [3.63, 3.8) is 0 Å². The smallest absolute Gasteiger partial charge is 0.0928 e. The SMILES string of the molecule is CCCCBr.[Mg+2]. The van der Waals surface area contributed by atoms with Gasteiger partial charge in [0.05, 0.1) is 0 Å². The van der Waals surface area contributed by atoms with Crippen molar-refractivity contribution in [1.29, 1.82) is 0 Å². The summed E-state index contributed by atoms with van der Waals surface area (Å²) in [6.45, 7) is 2.18. The molecule has 0 saturated heterocycles. The second-order valence-corrected chi connectivity index (χ2v) is 1.84. The minimum atomic E-state index is 0. The van der Waals surface area contributed by atoms with E-state index in [2.05, 4.69) is 22.9 Å². The maximum absolute atomic E-state index is 3.31. The molecule has 0 aliphatic carbocycles. The van der Waals surface area contributed by atoms with Crippen LogP contribution in [-0.2, 0) is 0 Å². The number of rotatable bonds is 2. The Balaban J connectivity index is 0. The Hall–Kier alpha value is 1.25. The molecule has 0 unspecified atom stereocenters. The molecule has 0 radical (unpaired) electrons. The summed E-state index contributed by atoms with van der Waals surface area (Å²) in [5.41, 5.74) is 0. The van der Waals surface area contributed by atoms with Crippen LogP contribution in [0.5, 0.6) is 0 Å². The number of hydrogen-bond acceptors (Lipinski definition) is 0. The molecule has 0 aliphatic heterocycles. The first-order chi connectivity index (χ1) is 2.41. The number of hydrogen-bond donors (Lipinski definition) is 0. The van der Waals surface area contributed by atoms with E-state index in [1.165, 1.54) is 12.8 Å². The summed E-state index contributed by atoms with van der Waals surface area (Å²) in [4.78, 5) is 0. The van der Waals surface area contributed by atoms with E-state index >= 15 is 0 Å². The summed E-state index contributed by atoms with van der Waals surface area (Å²) in [6.07, 6.45) is 2.60. The molecule has 0 aromatic rings. The van der Waals surface area contributed by atoms with Gasteiger partial charge in [-0.05, 0) is 6.42 Å². The third kappa shape index (κ3) is 8.98. The van der Waals surface area contributed by atoms with Crippen LogP contribution in [0.15, 0.2) is 0 Å². The van der Waals surface area contributed by atoms with Crippen molar-refractivity contribution in [2.24, 2.45) is 0 Å². The van der Waals surface area contributed by atoms with E-state index in [-0.39, 0.29) is 23.1 Å². The Kier molecular flexibility index (Phi) is 16.3. The molecule has 0 rings (SSSR count). The van der Waals surface area contributed by atoms with Gasteiger partial charge in [-0.25, -0.2) is 0 Å². The van der Waals surface area contributed by atoms with Gasteiger partial charge >= 0.3 is 23.1 Å².